The monoisotopic (exact) mass is 196 g/mol. The number of benzene rings is 1. The molecule has 1 unspecified atom stereocenters. The Morgan fingerprint density at radius 2 is 2.21 bits per heavy atom. The molecule has 72 valence electrons. The van der Waals surface area contributed by atoms with Gasteiger partial charge < -0.3 is 10.5 Å². The van der Waals surface area contributed by atoms with Crippen LogP contribution in [0, 0.1) is 23.0 Å². The molecule has 0 amide bonds. The number of ether oxygens (including phenoxy) is 1. The Hall–Kier alpha value is -1.67. The Kier molecular flexibility index (Phi) is 1.86. The van der Waals surface area contributed by atoms with Gasteiger partial charge in [-0.15, -0.1) is 0 Å². The summed E-state index contributed by atoms with van der Waals surface area (Å²) in [6.07, 6.45) is 0. The van der Waals surface area contributed by atoms with Gasteiger partial charge in [0.05, 0.1) is 11.6 Å². The zero-order chi connectivity index (χ0) is 10.3. The summed E-state index contributed by atoms with van der Waals surface area (Å²) in [6, 6.07) is 2.29. The van der Waals surface area contributed by atoms with Crippen LogP contribution < -0.4 is 10.5 Å². The predicted octanol–water partition coefficient (Wildman–Crippen LogP) is 1.23. The lowest BCUT2D eigenvalue weighted by molar-refractivity contribution is 0.314. The van der Waals surface area contributed by atoms with Crippen molar-refractivity contribution in [2.75, 3.05) is 6.61 Å². The van der Waals surface area contributed by atoms with Gasteiger partial charge >= 0.3 is 0 Å². The van der Waals surface area contributed by atoms with E-state index in [0.717, 1.165) is 0 Å². The summed E-state index contributed by atoms with van der Waals surface area (Å²) in [6.45, 7) is 0.112. The van der Waals surface area contributed by atoms with Gasteiger partial charge in [0.1, 0.15) is 12.7 Å². The molecule has 0 aliphatic carbocycles. The summed E-state index contributed by atoms with van der Waals surface area (Å²) < 4.78 is 31.2. The van der Waals surface area contributed by atoms with E-state index in [1.54, 1.807) is 6.07 Å². The minimum absolute atomic E-state index is 0.112. The Morgan fingerprint density at radius 3 is 2.86 bits per heavy atom. The SMILES string of the molecule is N#Cc1cc2c(c(F)c1F)OCC2N. The summed E-state index contributed by atoms with van der Waals surface area (Å²) in [7, 11) is 0. The highest BCUT2D eigenvalue weighted by molar-refractivity contribution is 5.47. The van der Waals surface area contributed by atoms with Crippen molar-refractivity contribution in [3.05, 3.63) is 28.8 Å². The number of hydrogen-bond donors (Lipinski definition) is 1. The minimum Gasteiger partial charge on any atom is -0.488 e. The molecule has 1 aromatic rings. The minimum atomic E-state index is -1.18. The standard InChI is InChI=1S/C9H6F2N2O/c10-7-4(2-12)1-5-6(13)3-14-9(5)8(7)11/h1,6H,3,13H2. The molecule has 2 N–H and O–H groups in total. The zero-order valence-corrected chi connectivity index (χ0v) is 7.05. The van der Waals surface area contributed by atoms with Crippen LogP contribution >= 0.6 is 0 Å². The number of hydrogen-bond acceptors (Lipinski definition) is 3. The molecule has 0 radical (unpaired) electrons. The third-order valence-electron chi connectivity index (χ3n) is 2.12. The number of nitrogens with two attached hydrogens (primary N) is 1. The van der Waals surface area contributed by atoms with Crippen LogP contribution in [0.3, 0.4) is 0 Å². The molecule has 0 saturated heterocycles. The van der Waals surface area contributed by atoms with E-state index in [2.05, 4.69) is 0 Å². The van der Waals surface area contributed by atoms with Gasteiger partial charge in [-0.05, 0) is 6.07 Å². The molecule has 1 aliphatic rings. The Labute approximate surface area is 78.7 Å². The molecule has 1 aliphatic heterocycles. The van der Waals surface area contributed by atoms with Gasteiger partial charge in [-0.3, -0.25) is 0 Å². The van der Waals surface area contributed by atoms with E-state index in [4.69, 9.17) is 15.7 Å². The Bertz CT molecular complexity index is 439. The molecule has 0 fully saturated rings. The molecule has 5 heteroatoms. The van der Waals surface area contributed by atoms with E-state index in [-0.39, 0.29) is 17.9 Å². The first-order valence-electron chi connectivity index (χ1n) is 3.95. The maximum Gasteiger partial charge on any atom is 0.202 e. The van der Waals surface area contributed by atoms with Crippen LogP contribution in [-0.4, -0.2) is 6.61 Å². The highest BCUT2D eigenvalue weighted by atomic mass is 19.2. The van der Waals surface area contributed by atoms with Gasteiger partial charge in [0.2, 0.25) is 5.82 Å². The summed E-state index contributed by atoms with van der Waals surface area (Å²) in [5, 5.41) is 8.52. The fraction of sp³-hybridized carbons (Fsp3) is 0.222. The highest BCUT2D eigenvalue weighted by Gasteiger charge is 2.28. The molecule has 0 spiro atoms. The van der Waals surface area contributed by atoms with Gasteiger partial charge in [0.15, 0.2) is 11.6 Å². The van der Waals surface area contributed by atoms with E-state index in [1.165, 1.54) is 6.07 Å². The molecule has 14 heavy (non-hydrogen) atoms. The molecule has 0 saturated carbocycles. The summed E-state index contributed by atoms with van der Waals surface area (Å²) in [5.41, 5.74) is 5.57. The molecule has 0 aromatic heterocycles. The summed E-state index contributed by atoms with van der Waals surface area (Å²) >= 11 is 0. The number of nitriles is 1. The van der Waals surface area contributed by atoms with Crippen molar-refractivity contribution in [3.63, 3.8) is 0 Å². The van der Waals surface area contributed by atoms with E-state index in [1.807, 2.05) is 0 Å². The fourth-order valence-corrected chi connectivity index (χ4v) is 1.40. The van der Waals surface area contributed by atoms with Crippen LogP contribution in [0.1, 0.15) is 17.2 Å². The van der Waals surface area contributed by atoms with Gasteiger partial charge in [-0.25, -0.2) is 4.39 Å². The van der Waals surface area contributed by atoms with Crippen molar-refractivity contribution in [1.82, 2.24) is 0 Å². The van der Waals surface area contributed by atoms with Crippen LogP contribution in [0.15, 0.2) is 6.07 Å². The van der Waals surface area contributed by atoms with Crippen LogP contribution in [0.4, 0.5) is 8.78 Å². The van der Waals surface area contributed by atoms with Crippen LogP contribution in [-0.2, 0) is 0 Å². The van der Waals surface area contributed by atoms with E-state index >= 15 is 0 Å². The highest BCUT2D eigenvalue weighted by Crippen LogP contribution is 2.35. The molecular weight excluding hydrogens is 190 g/mol. The second-order valence-electron chi connectivity index (χ2n) is 3.00. The molecule has 2 rings (SSSR count). The topological polar surface area (TPSA) is 59.0 Å². The van der Waals surface area contributed by atoms with Gasteiger partial charge in [0, 0.05) is 5.56 Å². The second-order valence-corrected chi connectivity index (χ2v) is 3.00. The summed E-state index contributed by atoms with van der Waals surface area (Å²) in [5.74, 6) is -2.48. The van der Waals surface area contributed by atoms with Crippen molar-refractivity contribution in [1.29, 1.82) is 5.26 Å². The normalized spacial score (nSPS) is 18.6. The first-order chi connectivity index (χ1) is 6.65. The number of fused-ring (bicyclic) bond motifs is 1. The maximum absolute atomic E-state index is 13.2. The van der Waals surface area contributed by atoms with E-state index in [0.29, 0.717) is 5.56 Å². The molecule has 3 nitrogen and oxygen atoms in total. The third-order valence-corrected chi connectivity index (χ3v) is 2.12. The van der Waals surface area contributed by atoms with Crippen LogP contribution in [0.25, 0.3) is 0 Å². The molecule has 1 heterocycles. The summed E-state index contributed by atoms with van der Waals surface area (Å²) in [4.78, 5) is 0. The average Bonchev–Trinajstić information content (AvgIpc) is 2.54. The molecule has 1 aromatic carbocycles. The first-order valence-corrected chi connectivity index (χ1v) is 3.95. The molecule has 0 bridgehead atoms. The Balaban J connectivity index is 2.70. The number of nitrogens with zero attached hydrogens (tertiary/aromatic N) is 1. The van der Waals surface area contributed by atoms with Crippen molar-refractivity contribution < 1.29 is 13.5 Å². The van der Waals surface area contributed by atoms with E-state index < -0.39 is 17.7 Å². The number of rotatable bonds is 0. The van der Waals surface area contributed by atoms with E-state index in [9.17, 15) is 8.78 Å². The second kappa shape index (κ2) is 2.93. The van der Waals surface area contributed by atoms with Crippen molar-refractivity contribution in [2.24, 2.45) is 5.73 Å². The lowest BCUT2D eigenvalue weighted by Crippen LogP contribution is -2.10. The average molecular weight is 196 g/mol. The lowest BCUT2D eigenvalue weighted by atomic mass is 10.1. The lowest BCUT2D eigenvalue weighted by Gasteiger charge is -2.03. The molecular formula is C9H6F2N2O. The maximum atomic E-state index is 13.2. The molecule has 1 atom stereocenters. The zero-order valence-electron chi connectivity index (χ0n) is 7.05. The third kappa shape index (κ3) is 1.05. The van der Waals surface area contributed by atoms with Gasteiger partial charge in [-0.1, -0.05) is 0 Å². The van der Waals surface area contributed by atoms with Crippen molar-refractivity contribution in [3.8, 4) is 11.8 Å². The first kappa shape index (κ1) is 8.91. The predicted molar refractivity (Wildman–Crippen MR) is 43.5 cm³/mol. The van der Waals surface area contributed by atoms with Gasteiger partial charge in [0.25, 0.3) is 0 Å². The van der Waals surface area contributed by atoms with Crippen molar-refractivity contribution >= 4 is 0 Å². The van der Waals surface area contributed by atoms with Gasteiger partial charge in [-0.2, -0.15) is 9.65 Å². The quantitative estimate of drug-likeness (QED) is 0.678. The van der Waals surface area contributed by atoms with Crippen molar-refractivity contribution in [2.45, 2.75) is 6.04 Å². The fourth-order valence-electron chi connectivity index (χ4n) is 1.40. The Morgan fingerprint density at radius 1 is 1.50 bits per heavy atom. The van der Waals surface area contributed by atoms with Crippen LogP contribution in [0.2, 0.25) is 0 Å². The smallest absolute Gasteiger partial charge is 0.202 e. The largest absolute Gasteiger partial charge is 0.488 e. The van der Waals surface area contributed by atoms with Crippen LogP contribution in [0.5, 0.6) is 5.75 Å². The number of halogens is 2.